The van der Waals surface area contributed by atoms with E-state index in [-0.39, 0.29) is 11.7 Å². The van der Waals surface area contributed by atoms with Crippen molar-refractivity contribution in [1.82, 2.24) is 10.2 Å². The molecule has 4 aromatic rings. The maximum atomic E-state index is 12.9. The molecule has 33 heavy (non-hydrogen) atoms. The molecule has 1 aliphatic rings. The molecule has 0 saturated heterocycles. The van der Waals surface area contributed by atoms with Crippen molar-refractivity contribution in [3.8, 4) is 23.0 Å². The van der Waals surface area contributed by atoms with E-state index >= 15 is 0 Å². The van der Waals surface area contributed by atoms with Gasteiger partial charge in [-0.3, -0.25) is 4.72 Å². The summed E-state index contributed by atoms with van der Waals surface area (Å²) in [6.07, 6.45) is 0.433. The lowest BCUT2D eigenvalue weighted by atomic mass is 10.1. The molecule has 0 aliphatic carbocycles. The van der Waals surface area contributed by atoms with E-state index in [1.165, 1.54) is 0 Å². The van der Waals surface area contributed by atoms with E-state index in [0.29, 0.717) is 46.5 Å². The fraction of sp³-hybridized carbons (Fsp3) is 0.167. The van der Waals surface area contributed by atoms with Crippen molar-refractivity contribution >= 4 is 15.7 Å². The minimum atomic E-state index is -3.74. The highest BCUT2D eigenvalue weighted by atomic mass is 32.2. The van der Waals surface area contributed by atoms with Gasteiger partial charge in [-0.25, -0.2) is 8.42 Å². The zero-order valence-electron chi connectivity index (χ0n) is 18.0. The summed E-state index contributed by atoms with van der Waals surface area (Å²) in [7, 11) is -3.74. The summed E-state index contributed by atoms with van der Waals surface area (Å²) in [4.78, 5) is 0.247. The van der Waals surface area contributed by atoms with Crippen LogP contribution in [0.1, 0.15) is 22.6 Å². The van der Waals surface area contributed by atoms with Gasteiger partial charge in [0.1, 0.15) is 0 Å². The zero-order valence-corrected chi connectivity index (χ0v) is 18.8. The van der Waals surface area contributed by atoms with Gasteiger partial charge in [-0.1, -0.05) is 24.3 Å². The van der Waals surface area contributed by atoms with Crippen molar-refractivity contribution in [2.24, 2.45) is 0 Å². The van der Waals surface area contributed by atoms with Crippen LogP contribution in [0, 0.1) is 13.8 Å². The Balaban J connectivity index is 1.35. The van der Waals surface area contributed by atoms with E-state index < -0.39 is 10.0 Å². The molecule has 1 aliphatic heterocycles. The lowest BCUT2D eigenvalue weighted by Gasteiger charge is -2.11. The van der Waals surface area contributed by atoms with Crippen LogP contribution in [0.15, 0.2) is 70.0 Å². The Bertz CT molecular complexity index is 1450. The SMILES string of the molecule is Cc1ccc(C)c(S(=O)(=O)Nc2cccc(-c3nnc(Cc4ccc5c(c4)OCO5)o3)c2)c1. The number of hydrogen-bond acceptors (Lipinski definition) is 7. The Hall–Kier alpha value is -3.85. The topological polar surface area (TPSA) is 104 Å². The van der Waals surface area contributed by atoms with Gasteiger partial charge in [-0.2, -0.15) is 0 Å². The molecule has 9 heteroatoms. The van der Waals surface area contributed by atoms with Gasteiger partial charge in [0.25, 0.3) is 10.0 Å². The molecule has 0 amide bonds. The molecule has 0 radical (unpaired) electrons. The number of nitrogens with zero attached hydrogens (tertiary/aromatic N) is 2. The van der Waals surface area contributed by atoms with Gasteiger partial charge in [0, 0.05) is 11.3 Å². The summed E-state index contributed by atoms with van der Waals surface area (Å²) in [5, 5.41) is 8.25. The number of rotatable bonds is 6. The van der Waals surface area contributed by atoms with Gasteiger partial charge in [0.05, 0.1) is 11.3 Å². The van der Waals surface area contributed by atoms with Crippen LogP contribution in [-0.2, 0) is 16.4 Å². The summed E-state index contributed by atoms with van der Waals surface area (Å²) in [6.45, 7) is 3.84. The molecule has 168 valence electrons. The third-order valence-electron chi connectivity index (χ3n) is 5.25. The van der Waals surface area contributed by atoms with E-state index in [2.05, 4.69) is 14.9 Å². The van der Waals surface area contributed by atoms with Crippen LogP contribution in [0.5, 0.6) is 11.5 Å². The van der Waals surface area contributed by atoms with Gasteiger partial charge in [0.2, 0.25) is 18.6 Å². The van der Waals surface area contributed by atoms with Crippen molar-refractivity contribution in [3.63, 3.8) is 0 Å². The fourth-order valence-electron chi connectivity index (χ4n) is 3.59. The first-order valence-corrected chi connectivity index (χ1v) is 11.8. The van der Waals surface area contributed by atoms with Crippen molar-refractivity contribution in [2.75, 3.05) is 11.5 Å². The van der Waals surface area contributed by atoms with Crippen LogP contribution >= 0.6 is 0 Å². The molecule has 3 aromatic carbocycles. The van der Waals surface area contributed by atoms with Gasteiger partial charge >= 0.3 is 0 Å². The molecule has 5 rings (SSSR count). The molecule has 8 nitrogen and oxygen atoms in total. The highest BCUT2D eigenvalue weighted by Crippen LogP contribution is 2.33. The lowest BCUT2D eigenvalue weighted by molar-refractivity contribution is 0.174. The fourth-order valence-corrected chi connectivity index (χ4v) is 4.97. The first-order valence-electron chi connectivity index (χ1n) is 10.3. The Morgan fingerprint density at radius 3 is 2.67 bits per heavy atom. The second-order valence-electron chi connectivity index (χ2n) is 7.82. The number of aryl methyl sites for hydroxylation is 2. The number of fused-ring (bicyclic) bond motifs is 1. The number of sulfonamides is 1. The van der Waals surface area contributed by atoms with E-state index in [4.69, 9.17) is 13.9 Å². The normalized spacial score (nSPS) is 12.7. The molecule has 0 fully saturated rings. The number of nitrogens with one attached hydrogen (secondary N) is 1. The average molecular weight is 464 g/mol. The molecule has 0 saturated carbocycles. The van der Waals surface area contributed by atoms with Crippen molar-refractivity contribution in [2.45, 2.75) is 25.2 Å². The monoisotopic (exact) mass is 463 g/mol. The Kier molecular flexibility index (Phi) is 5.26. The van der Waals surface area contributed by atoms with Crippen molar-refractivity contribution in [1.29, 1.82) is 0 Å². The van der Waals surface area contributed by atoms with Crippen LogP contribution < -0.4 is 14.2 Å². The van der Waals surface area contributed by atoms with E-state index in [0.717, 1.165) is 11.1 Å². The largest absolute Gasteiger partial charge is 0.454 e. The Morgan fingerprint density at radius 2 is 1.79 bits per heavy atom. The lowest BCUT2D eigenvalue weighted by Crippen LogP contribution is -2.14. The first-order chi connectivity index (χ1) is 15.9. The van der Waals surface area contributed by atoms with E-state index in [1.54, 1.807) is 43.3 Å². The molecule has 1 aromatic heterocycles. The Labute approximate surface area is 191 Å². The number of hydrogen-bond donors (Lipinski definition) is 1. The van der Waals surface area contributed by atoms with Gasteiger partial charge in [-0.05, 0) is 66.9 Å². The number of benzene rings is 3. The van der Waals surface area contributed by atoms with Crippen molar-refractivity contribution < 1.29 is 22.3 Å². The zero-order chi connectivity index (χ0) is 23.0. The molecule has 0 bridgehead atoms. The first kappa shape index (κ1) is 21.0. The number of anilines is 1. The van der Waals surface area contributed by atoms with Crippen LogP contribution in [0.2, 0.25) is 0 Å². The van der Waals surface area contributed by atoms with Crippen LogP contribution in [0.3, 0.4) is 0 Å². The number of aromatic nitrogens is 2. The standard InChI is InChI=1S/C24H21N3O5S/c1-15-6-7-16(2)22(10-15)33(28,29)27-19-5-3-4-18(13-19)24-26-25-23(32-24)12-17-8-9-20-21(11-17)31-14-30-20/h3-11,13,27H,12,14H2,1-2H3. The number of ether oxygens (including phenoxy) is 2. The summed E-state index contributed by atoms with van der Waals surface area (Å²) >= 11 is 0. The smallest absolute Gasteiger partial charge is 0.262 e. The van der Waals surface area contributed by atoms with Crippen LogP contribution in [0.25, 0.3) is 11.5 Å². The minimum Gasteiger partial charge on any atom is -0.454 e. The quantitative estimate of drug-likeness (QED) is 0.450. The average Bonchev–Trinajstić information content (AvgIpc) is 3.44. The molecule has 2 heterocycles. The molecule has 0 unspecified atom stereocenters. The Morgan fingerprint density at radius 1 is 0.939 bits per heavy atom. The maximum Gasteiger partial charge on any atom is 0.262 e. The van der Waals surface area contributed by atoms with Gasteiger partial charge in [-0.15, -0.1) is 10.2 Å². The second-order valence-corrected chi connectivity index (χ2v) is 9.47. The molecule has 0 atom stereocenters. The molecular weight excluding hydrogens is 442 g/mol. The minimum absolute atomic E-state index is 0.215. The van der Waals surface area contributed by atoms with Crippen LogP contribution in [-0.4, -0.2) is 25.4 Å². The molecule has 1 N–H and O–H groups in total. The molecule has 0 spiro atoms. The predicted octanol–water partition coefficient (Wildman–Crippen LogP) is 4.47. The third kappa shape index (κ3) is 4.40. The van der Waals surface area contributed by atoms with E-state index in [1.807, 2.05) is 31.2 Å². The predicted molar refractivity (Wildman–Crippen MR) is 122 cm³/mol. The summed E-state index contributed by atoms with van der Waals surface area (Å²) in [6, 6.07) is 17.8. The summed E-state index contributed by atoms with van der Waals surface area (Å²) in [5.74, 6) is 2.14. The third-order valence-corrected chi connectivity index (χ3v) is 6.78. The van der Waals surface area contributed by atoms with Gasteiger partial charge < -0.3 is 13.9 Å². The maximum absolute atomic E-state index is 12.9. The van der Waals surface area contributed by atoms with Crippen LogP contribution in [0.4, 0.5) is 5.69 Å². The van der Waals surface area contributed by atoms with E-state index in [9.17, 15) is 8.42 Å². The molecular formula is C24H21N3O5S. The summed E-state index contributed by atoms with van der Waals surface area (Å²) < 4.78 is 45.1. The highest BCUT2D eigenvalue weighted by molar-refractivity contribution is 7.92. The second kappa shape index (κ2) is 8.25. The van der Waals surface area contributed by atoms with Gasteiger partial charge in [0.15, 0.2) is 11.5 Å². The summed E-state index contributed by atoms with van der Waals surface area (Å²) in [5.41, 5.74) is 3.51. The van der Waals surface area contributed by atoms with Crippen molar-refractivity contribution in [3.05, 3.63) is 83.2 Å². The highest BCUT2D eigenvalue weighted by Gasteiger charge is 2.19.